The van der Waals surface area contributed by atoms with Crippen molar-refractivity contribution < 1.29 is 18.3 Å². The fraction of sp³-hybridized carbons (Fsp3) is 0.292. The molecule has 5 N–H and O–H groups in total. The van der Waals surface area contributed by atoms with Gasteiger partial charge in [0.25, 0.3) is 5.91 Å². The van der Waals surface area contributed by atoms with Crippen LogP contribution in [0.25, 0.3) is 11.3 Å². The number of hydrogen-bond acceptors (Lipinski definition) is 6. The Labute approximate surface area is 204 Å². The monoisotopic (exact) mass is 531 g/mol. The number of nitrogen functional groups attached to an aromatic ring is 1. The number of nitrogens with zero attached hydrogens (tertiary/aromatic N) is 2. The first-order valence-corrected chi connectivity index (χ1v) is 11.6. The number of nitrogens with one attached hydrogen (secondary N) is 1. The van der Waals surface area contributed by atoms with Crippen molar-refractivity contribution in [1.29, 1.82) is 0 Å². The molecule has 0 aliphatic carbocycles. The summed E-state index contributed by atoms with van der Waals surface area (Å²) in [6.45, 7) is 1.31. The molecule has 0 spiro atoms. The van der Waals surface area contributed by atoms with E-state index in [0.29, 0.717) is 34.5 Å². The molecule has 34 heavy (non-hydrogen) atoms. The molecular weight excluding hydrogens is 508 g/mol. The second-order valence-electron chi connectivity index (χ2n) is 8.07. The molecule has 1 unspecified atom stereocenters. The second kappa shape index (κ2) is 10.5. The first-order chi connectivity index (χ1) is 16.4. The lowest BCUT2D eigenvalue weighted by atomic mass is 9.96. The fourth-order valence-corrected chi connectivity index (χ4v) is 4.43. The fourth-order valence-electron chi connectivity index (χ4n) is 3.95. The van der Waals surface area contributed by atoms with Gasteiger partial charge in [-0.25, -0.2) is 18.7 Å². The van der Waals surface area contributed by atoms with Gasteiger partial charge in [-0.3, -0.25) is 4.79 Å². The van der Waals surface area contributed by atoms with Crippen molar-refractivity contribution in [2.45, 2.75) is 24.8 Å². The van der Waals surface area contributed by atoms with E-state index in [-0.39, 0.29) is 23.8 Å². The maximum absolute atomic E-state index is 15.0. The average molecular weight is 532 g/mol. The van der Waals surface area contributed by atoms with Crippen molar-refractivity contribution in [2.24, 2.45) is 5.73 Å². The smallest absolute Gasteiger partial charge is 0.254 e. The topological polar surface area (TPSA) is 116 Å². The van der Waals surface area contributed by atoms with Crippen LogP contribution in [0.5, 0.6) is 0 Å². The predicted octanol–water partition coefficient (Wildman–Crippen LogP) is 4.09. The van der Waals surface area contributed by atoms with Gasteiger partial charge >= 0.3 is 0 Å². The molecule has 2 aromatic carbocycles. The molecule has 1 atom stereocenters. The van der Waals surface area contributed by atoms with Crippen LogP contribution in [-0.4, -0.2) is 35.6 Å². The second-order valence-corrected chi connectivity index (χ2v) is 8.99. The molecule has 1 aromatic heterocycles. The van der Waals surface area contributed by atoms with E-state index in [1.807, 2.05) is 0 Å². The Morgan fingerprint density at radius 1 is 1.21 bits per heavy atom. The molecule has 0 bridgehead atoms. The van der Waals surface area contributed by atoms with Crippen molar-refractivity contribution in [3.05, 3.63) is 75.5 Å². The van der Waals surface area contributed by atoms with Gasteiger partial charge in [-0.1, -0.05) is 22.0 Å². The Balaban J connectivity index is 1.56. The number of anilines is 1. The van der Waals surface area contributed by atoms with E-state index < -0.39 is 23.6 Å². The van der Waals surface area contributed by atoms with Gasteiger partial charge in [0.05, 0.1) is 23.5 Å². The van der Waals surface area contributed by atoms with E-state index in [9.17, 15) is 13.6 Å². The molecule has 0 saturated carbocycles. The Hall–Kier alpha value is -2.95. The van der Waals surface area contributed by atoms with Gasteiger partial charge in [-0.2, -0.15) is 0 Å². The molecule has 178 valence electrons. The first-order valence-electron chi connectivity index (χ1n) is 10.8. The van der Waals surface area contributed by atoms with Gasteiger partial charge in [-0.15, -0.1) is 0 Å². The standard InChI is InChI=1S/C24H24BrF2N5O2/c25-16-7-15(8-17(26)10-16)20(11-28)32-24(33)18-2-1-14(9-19(18)27)22-23(29)30-12-21(31-22)13-3-5-34-6-4-13/h1-2,7-10,12-13,20H,3-6,11,28H2,(H2,29,30)(H,32,33). The Morgan fingerprint density at radius 3 is 2.65 bits per heavy atom. The van der Waals surface area contributed by atoms with Crippen molar-refractivity contribution in [3.8, 4) is 11.3 Å². The van der Waals surface area contributed by atoms with Crippen LogP contribution in [0.2, 0.25) is 0 Å². The lowest BCUT2D eigenvalue weighted by Crippen LogP contribution is -2.34. The zero-order valence-corrected chi connectivity index (χ0v) is 19.8. The average Bonchev–Trinajstić information content (AvgIpc) is 2.82. The number of benzene rings is 2. The molecule has 4 rings (SSSR count). The van der Waals surface area contributed by atoms with Crippen molar-refractivity contribution in [3.63, 3.8) is 0 Å². The number of aromatic nitrogens is 2. The molecule has 10 heteroatoms. The summed E-state index contributed by atoms with van der Waals surface area (Å²) in [7, 11) is 0. The molecule has 1 amide bonds. The molecule has 2 heterocycles. The number of ether oxygens (including phenoxy) is 1. The van der Waals surface area contributed by atoms with E-state index >= 15 is 0 Å². The third kappa shape index (κ3) is 5.40. The molecule has 1 aliphatic rings. The Bertz CT molecular complexity index is 1180. The van der Waals surface area contributed by atoms with Crippen LogP contribution in [0, 0.1) is 11.6 Å². The number of carbonyl (C=O) groups is 1. The van der Waals surface area contributed by atoms with Crippen LogP contribution < -0.4 is 16.8 Å². The Morgan fingerprint density at radius 2 is 1.97 bits per heavy atom. The minimum atomic E-state index is -0.746. The van der Waals surface area contributed by atoms with Crippen LogP contribution in [-0.2, 0) is 4.74 Å². The van der Waals surface area contributed by atoms with E-state index in [4.69, 9.17) is 16.2 Å². The highest BCUT2D eigenvalue weighted by atomic mass is 79.9. The van der Waals surface area contributed by atoms with Crippen LogP contribution in [0.1, 0.15) is 46.4 Å². The lowest BCUT2D eigenvalue weighted by Gasteiger charge is -2.22. The van der Waals surface area contributed by atoms with Crippen molar-refractivity contribution in [1.82, 2.24) is 15.3 Å². The highest BCUT2D eigenvalue weighted by molar-refractivity contribution is 9.10. The number of carbonyl (C=O) groups excluding carboxylic acids is 1. The quantitative estimate of drug-likeness (QED) is 0.441. The number of hydrogen-bond donors (Lipinski definition) is 3. The SMILES string of the molecule is NCC(NC(=O)c1ccc(-c2nc(C3CCOCC3)cnc2N)cc1F)c1cc(F)cc(Br)c1. The van der Waals surface area contributed by atoms with Crippen molar-refractivity contribution >= 4 is 27.7 Å². The number of amides is 1. The molecule has 0 radical (unpaired) electrons. The maximum Gasteiger partial charge on any atom is 0.254 e. The summed E-state index contributed by atoms with van der Waals surface area (Å²) in [5.74, 6) is -1.52. The molecule has 7 nitrogen and oxygen atoms in total. The molecular formula is C24H24BrF2N5O2. The summed E-state index contributed by atoms with van der Waals surface area (Å²) < 4.78 is 34.7. The molecule has 3 aromatic rings. The summed E-state index contributed by atoms with van der Waals surface area (Å²) in [4.78, 5) is 21.7. The zero-order chi connectivity index (χ0) is 24.2. The van der Waals surface area contributed by atoms with Gasteiger partial charge in [-0.05, 0) is 48.7 Å². The summed E-state index contributed by atoms with van der Waals surface area (Å²) >= 11 is 3.22. The van der Waals surface area contributed by atoms with E-state index in [1.165, 1.54) is 24.3 Å². The number of halogens is 3. The minimum absolute atomic E-state index is 0.00641. The third-order valence-electron chi connectivity index (χ3n) is 5.77. The normalized spacial score (nSPS) is 15.2. The maximum atomic E-state index is 15.0. The molecule has 1 fully saturated rings. The summed E-state index contributed by atoms with van der Waals surface area (Å²) in [5, 5.41) is 2.66. The van der Waals surface area contributed by atoms with Crippen LogP contribution in [0.15, 0.2) is 47.1 Å². The van der Waals surface area contributed by atoms with Crippen molar-refractivity contribution in [2.75, 3.05) is 25.5 Å². The van der Waals surface area contributed by atoms with Crippen LogP contribution in [0.3, 0.4) is 0 Å². The first kappa shape index (κ1) is 24.2. The molecule has 1 aliphatic heterocycles. The van der Waals surface area contributed by atoms with E-state index in [2.05, 4.69) is 31.2 Å². The summed E-state index contributed by atoms with van der Waals surface area (Å²) in [5.41, 5.74) is 13.6. The van der Waals surface area contributed by atoms with Gasteiger partial charge < -0.3 is 21.5 Å². The minimum Gasteiger partial charge on any atom is -0.382 e. The number of rotatable bonds is 6. The van der Waals surface area contributed by atoms with Gasteiger partial charge in [0.2, 0.25) is 0 Å². The van der Waals surface area contributed by atoms with Gasteiger partial charge in [0.15, 0.2) is 0 Å². The summed E-state index contributed by atoms with van der Waals surface area (Å²) in [6.07, 6.45) is 3.30. The Kier molecular flexibility index (Phi) is 7.50. The van der Waals surface area contributed by atoms with Crippen LogP contribution >= 0.6 is 15.9 Å². The largest absolute Gasteiger partial charge is 0.382 e. The molecule has 1 saturated heterocycles. The number of nitrogens with two attached hydrogens (primary N) is 2. The van der Waals surface area contributed by atoms with E-state index in [0.717, 1.165) is 18.5 Å². The summed E-state index contributed by atoms with van der Waals surface area (Å²) in [6, 6.07) is 7.65. The lowest BCUT2D eigenvalue weighted by molar-refractivity contribution is 0.0844. The van der Waals surface area contributed by atoms with Gasteiger partial charge in [0.1, 0.15) is 23.1 Å². The third-order valence-corrected chi connectivity index (χ3v) is 6.23. The van der Waals surface area contributed by atoms with Gasteiger partial charge in [0, 0.05) is 35.7 Å². The van der Waals surface area contributed by atoms with E-state index in [1.54, 1.807) is 18.3 Å². The zero-order valence-electron chi connectivity index (χ0n) is 18.2. The highest BCUT2D eigenvalue weighted by Crippen LogP contribution is 2.30. The van der Waals surface area contributed by atoms with Crippen LogP contribution in [0.4, 0.5) is 14.6 Å². The predicted molar refractivity (Wildman–Crippen MR) is 128 cm³/mol. The highest BCUT2D eigenvalue weighted by Gasteiger charge is 2.22.